The maximum atomic E-state index is 13.3. The summed E-state index contributed by atoms with van der Waals surface area (Å²) < 4.78 is 27.9. The van der Waals surface area contributed by atoms with Crippen LogP contribution in [0.3, 0.4) is 0 Å². The lowest BCUT2D eigenvalue weighted by molar-refractivity contribution is -0.120. The van der Waals surface area contributed by atoms with Crippen LogP contribution < -0.4 is 9.62 Å². The molecule has 2 aromatic rings. The van der Waals surface area contributed by atoms with Crippen LogP contribution in [0.25, 0.3) is 0 Å². The number of rotatable bonds is 6. The third-order valence-electron chi connectivity index (χ3n) is 6.09. The maximum absolute atomic E-state index is 13.3. The Hall–Kier alpha value is -2.34. The molecule has 1 N–H and O–H groups in total. The second kappa shape index (κ2) is 7.59. The van der Waals surface area contributed by atoms with Gasteiger partial charge in [-0.3, -0.25) is 9.10 Å². The first-order valence-corrected chi connectivity index (χ1v) is 11.3. The number of benzene rings is 2. The standard InChI is InChI=1S/C22H26N2O3S/c1-16-7-5-6-10-21(16)24(28(26,27)19-8-3-2-4-9-19)15-22(25)23-20-14-17-11-12-18(20)13-17/h2-10,17-18,20H,11-15H2,1H3,(H,23,25)/t17-,18-,20+/m1/s1. The largest absolute Gasteiger partial charge is 0.352 e. The van der Waals surface area contributed by atoms with Crippen molar-refractivity contribution in [1.82, 2.24) is 5.32 Å². The fourth-order valence-electron chi connectivity index (χ4n) is 4.67. The summed E-state index contributed by atoms with van der Waals surface area (Å²) in [7, 11) is -3.84. The van der Waals surface area contributed by atoms with Crippen molar-refractivity contribution in [3.63, 3.8) is 0 Å². The van der Waals surface area contributed by atoms with Crippen LogP contribution in [0.15, 0.2) is 59.5 Å². The number of anilines is 1. The minimum absolute atomic E-state index is 0.185. The molecule has 2 aliphatic carbocycles. The van der Waals surface area contributed by atoms with Crippen LogP contribution in [0.1, 0.15) is 31.2 Å². The second-order valence-corrected chi connectivity index (χ2v) is 9.82. The molecule has 0 aliphatic heterocycles. The molecule has 5 nitrogen and oxygen atoms in total. The van der Waals surface area contributed by atoms with Crippen molar-refractivity contribution in [3.8, 4) is 0 Å². The molecule has 148 valence electrons. The predicted octanol–water partition coefficient (Wildman–Crippen LogP) is 3.50. The zero-order valence-electron chi connectivity index (χ0n) is 16.0. The smallest absolute Gasteiger partial charge is 0.264 e. The second-order valence-electron chi connectivity index (χ2n) is 7.96. The molecule has 4 rings (SSSR count). The molecule has 0 radical (unpaired) electrons. The molecule has 2 bridgehead atoms. The Morgan fingerprint density at radius 1 is 1.04 bits per heavy atom. The summed E-state index contributed by atoms with van der Waals surface area (Å²) in [6.07, 6.45) is 4.63. The van der Waals surface area contributed by atoms with E-state index >= 15 is 0 Å². The van der Waals surface area contributed by atoms with E-state index in [1.54, 1.807) is 42.5 Å². The first-order chi connectivity index (χ1) is 13.4. The molecular formula is C22H26N2O3S. The fourth-order valence-corrected chi connectivity index (χ4v) is 6.17. The van der Waals surface area contributed by atoms with Crippen LogP contribution in [0.2, 0.25) is 0 Å². The van der Waals surface area contributed by atoms with Crippen LogP contribution in [0.5, 0.6) is 0 Å². The molecule has 2 aromatic carbocycles. The quantitative estimate of drug-likeness (QED) is 0.810. The fraction of sp³-hybridized carbons (Fsp3) is 0.409. The van der Waals surface area contributed by atoms with Crippen molar-refractivity contribution in [3.05, 3.63) is 60.2 Å². The number of nitrogens with zero attached hydrogens (tertiary/aromatic N) is 1. The summed E-state index contributed by atoms with van der Waals surface area (Å²) in [5, 5.41) is 3.11. The van der Waals surface area contributed by atoms with E-state index < -0.39 is 10.0 Å². The number of aryl methyl sites for hydroxylation is 1. The van der Waals surface area contributed by atoms with Gasteiger partial charge in [-0.05, 0) is 61.8 Å². The topological polar surface area (TPSA) is 66.5 Å². The highest BCUT2D eigenvalue weighted by molar-refractivity contribution is 7.92. The van der Waals surface area contributed by atoms with Gasteiger partial charge < -0.3 is 5.32 Å². The highest BCUT2D eigenvalue weighted by Crippen LogP contribution is 2.44. The lowest BCUT2D eigenvalue weighted by Crippen LogP contribution is -2.46. The van der Waals surface area contributed by atoms with Crippen molar-refractivity contribution >= 4 is 21.6 Å². The van der Waals surface area contributed by atoms with Gasteiger partial charge in [-0.25, -0.2) is 8.42 Å². The third-order valence-corrected chi connectivity index (χ3v) is 7.86. The van der Waals surface area contributed by atoms with Gasteiger partial charge in [-0.15, -0.1) is 0 Å². The highest BCUT2D eigenvalue weighted by atomic mass is 32.2. The number of carbonyl (C=O) groups is 1. The Morgan fingerprint density at radius 3 is 2.39 bits per heavy atom. The lowest BCUT2D eigenvalue weighted by Gasteiger charge is -2.28. The summed E-state index contributed by atoms with van der Waals surface area (Å²) in [4.78, 5) is 13.0. The first kappa shape index (κ1) is 19.0. The Bertz CT molecular complexity index is 959. The highest BCUT2D eigenvalue weighted by Gasteiger charge is 2.40. The first-order valence-electron chi connectivity index (χ1n) is 9.88. The van der Waals surface area contributed by atoms with Gasteiger partial charge >= 0.3 is 0 Å². The molecule has 1 amide bonds. The van der Waals surface area contributed by atoms with Gasteiger partial charge in [0.2, 0.25) is 5.91 Å². The predicted molar refractivity (Wildman–Crippen MR) is 110 cm³/mol. The van der Waals surface area contributed by atoms with Gasteiger partial charge in [-0.1, -0.05) is 42.8 Å². The van der Waals surface area contributed by atoms with E-state index in [0.29, 0.717) is 11.6 Å². The van der Waals surface area contributed by atoms with Crippen LogP contribution in [-0.2, 0) is 14.8 Å². The van der Waals surface area contributed by atoms with Crippen molar-refractivity contribution in [2.24, 2.45) is 11.8 Å². The van der Waals surface area contributed by atoms with Crippen LogP contribution in [0.4, 0.5) is 5.69 Å². The Balaban J connectivity index is 1.60. The van der Waals surface area contributed by atoms with Crippen LogP contribution in [0, 0.1) is 18.8 Å². The van der Waals surface area contributed by atoms with Crippen LogP contribution in [-0.4, -0.2) is 26.9 Å². The number of sulfonamides is 1. The number of amides is 1. The van der Waals surface area contributed by atoms with E-state index in [1.807, 2.05) is 19.1 Å². The normalized spacial score (nSPS) is 23.5. The molecule has 28 heavy (non-hydrogen) atoms. The maximum Gasteiger partial charge on any atom is 0.264 e. The number of para-hydroxylation sites is 1. The molecule has 2 aliphatic rings. The van der Waals surface area contributed by atoms with Crippen molar-refractivity contribution in [2.75, 3.05) is 10.8 Å². The Kier molecular flexibility index (Phi) is 5.15. The molecule has 3 atom stereocenters. The van der Waals surface area contributed by atoms with Gasteiger partial charge in [-0.2, -0.15) is 0 Å². The van der Waals surface area contributed by atoms with E-state index in [1.165, 1.54) is 23.6 Å². The molecule has 2 fully saturated rings. The molecule has 6 heteroatoms. The molecule has 0 unspecified atom stereocenters. The van der Waals surface area contributed by atoms with Crippen molar-refractivity contribution in [1.29, 1.82) is 0 Å². The average Bonchev–Trinajstić information content (AvgIpc) is 3.30. The SMILES string of the molecule is Cc1ccccc1N(CC(=O)N[C@H]1C[C@@H]2CC[C@@H]1C2)S(=O)(=O)c1ccccc1. The molecule has 2 saturated carbocycles. The van der Waals surface area contributed by atoms with Crippen molar-refractivity contribution in [2.45, 2.75) is 43.5 Å². The number of nitrogens with one attached hydrogen (secondary N) is 1. The van der Waals surface area contributed by atoms with Gasteiger partial charge in [0.1, 0.15) is 6.54 Å². The summed E-state index contributed by atoms with van der Waals surface area (Å²) in [6, 6.07) is 15.7. The zero-order valence-corrected chi connectivity index (χ0v) is 16.9. The number of hydrogen-bond acceptors (Lipinski definition) is 3. The molecule has 0 spiro atoms. The summed E-state index contributed by atoms with van der Waals surface area (Å²) in [5.41, 5.74) is 1.35. The molecule has 0 aromatic heterocycles. The van der Waals surface area contributed by atoms with Crippen molar-refractivity contribution < 1.29 is 13.2 Å². The number of fused-ring (bicyclic) bond motifs is 2. The van der Waals surface area contributed by atoms with E-state index in [9.17, 15) is 13.2 Å². The summed E-state index contributed by atoms with van der Waals surface area (Å²) >= 11 is 0. The lowest BCUT2D eigenvalue weighted by atomic mass is 9.95. The van der Waals surface area contributed by atoms with E-state index in [-0.39, 0.29) is 23.4 Å². The Morgan fingerprint density at radius 2 is 1.75 bits per heavy atom. The monoisotopic (exact) mass is 398 g/mol. The minimum Gasteiger partial charge on any atom is -0.352 e. The van der Waals surface area contributed by atoms with E-state index in [0.717, 1.165) is 17.9 Å². The number of hydrogen-bond donors (Lipinski definition) is 1. The zero-order chi connectivity index (χ0) is 19.7. The van der Waals surface area contributed by atoms with E-state index in [4.69, 9.17) is 0 Å². The summed E-state index contributed by atoms with van der Waals surface area (Å²) in [6.45, 7) is 1.65. The third kappa shape index (κ3) is 3.65. The average molecular weight is 399 g/mol. The van der Waals surface area contributed by atoms with Gasteiger partial charge in [0, 0.05) is 6.04 Å². The molecule has 0 saturated heterocycles. The van der Waals surface area contributed by atoms with Gasteiger partial charge in [0.15, 0.2) is 0 Å². The number of carbonyl (C=O) groups excluding carboxylic acids is 1. The van der Waals surface area contributed by atoms with Crippen LogP contribution >= 0.6 is 0 Å². The molecule has 0 heterocycles. The molecular weight excluding hydrogens is 372 g/mol. The Labute approximate surface area is 166 Å². The minimum atomic E-state index is -3.84. The van der Waals surface area contributed by atoms with E-state index in [2.05, 4.69) is 5.32 Å². The van der Waals surface area contributed by atoms with Gasteiger partial charge in [0.05, 0.1) is 10.6 Å². The van der Waals surface area contributed by atoms with Gasteiger partial charge in [0.25, 0.3) is 10.0 Å². The summed E-state index contributed by atoms with van der Waals surface area (Å²) in [5.74, 6) is 1.03.